The third-order valence-corrected chi connectivity index (χ3v) is 10.0. The molecule has 0 saturated carbocycles. The van der Waals surface area contributed by atoms with Crippen LogP contribution in [-0.2, 0) is 20.2 Å². The zero-order valence-corrected chi connectivity index (χ0v) is 17.0. The summed E-state index contributed by atoms with van der Waals surface area (Å²) < 4.78 is 9.94. The van der Waals surface area contributed by atoms with Crippen LogP contribution in [0.4, 0.5) is 0 Å². The standard InChI is InChI=1S/2C5H5.C3H6.CH3.2Al.O.Ti.3H/c2*1-2-4-5-3-1;1-3-2;;;;;;;;/h2*1-3H,4H2;1-2H3;1H3;;;;;;;. The molecule has 0 atom stereocenters. The van der Waals surface area contributed by atoms with Crippen molar-refractivity contribution in [3.8, 4) is 0 Å². The van der Waals surface area contributed by atoms with E-state index >= 15 is 0 Å². The summed E-state index contributed by atoms with van der Waals surface area (Å²) >= 11 is -0.257. The van der Waals surface area contributed by atoms with Gasteiger partial charge in [0.2, 0.25) is 0 Å². The van der Waals surface area contributed by atoms with Crippen LogP contribution in [0.3, 0.4) is 0 Å². The van der Waals surface area contributed by atoms with Crippen LogP contribution in [-0.4, -0.2) is 36.0 Å². The smallest absolute Gasteiger partial charge is 0.401 e. The molecule has 0 unspecified atom stereocenters. The van der Waals surface area contributed by atoms with Crippen LogP contribution < -0.4 is 0 Å². The van der Waals surface area contributed by atoms with E-state index in [9.17, 15) is 0 Å². The van der Waals surface area contributed by atoms with Gasteiger partial charge in [-0.3, -0.25) is 0 Å². The van der Waals surface area contributed by atoms with Crippen molar-refractivity contribution in [3.63, 3.8) is 0 Å². The second-order valence-corrected chi connectivity index (χ2v) is 12.2. The monoisotopic (exact) mass is 308 g/mol. The van der Waals surface area contributed by atoms with Crippen LogP contribution in [0.2, 0.25) is 5.79 Å². The van der Waals surface area contributed by atoms with Gasteiger partial charge in [0.1, 0.15) is 0 Å². The predicted molar refractivity (Wildman–Crippen MR) is 82.7 cm³/mol. The van der Waals surface area contributed by atoms with Crippen molar-refractivity contribution in [2.24, 2.45) is 0 Å². The van der Waals surface area contributed by atoms with Gasteiger partial charge in [0.15, 0.2) is 0 Å². The van der Waals surface area contributed by atoms with Crippen molar-refractivity contribution < 1.29 is 20.2 Å². The van der Waals surface area contributed by atoms with E-state index in [2.05, 4.69) is 56.1 Å². The van der Waals surface area contributed by atoms with E-state index in [4.69, 9.17) is 2.84 Å². The summed E-state index contributed by atoms with van der Waals surface area (Å²) in [7, 11) is 0. The molecule has 0 saturated heterocycles. The molecule has 0 fully saturated rings. The van der Waals surface area contributed by atoms with E-state index in [1.54, 1.807) is 11.6 Å². The third kappa shape index (κ3) is 5.28. The molecule has 0 radical (unpaired) electrons. The fourth-order valence-corrected chi connectivity index (χ4v) is 6.59. The maximum Gasteiger partial charge on any atom is 0.401 e. The second-order valence-electron chi connectivity index (χ2n) is 4.60. The molecule has 0 spiro atoms. The van der Waals surface area contributed by atoms with Gasteiger partial charge >= 0.3 is 124 Å². The Morgan fingerprint density at radius 2 is 1.61 bits per heavy atom. The van der Waals surface area contributed by atoms with Gasteiger partial charge in [-0.1, -0.05) is 5.79 Å². The van der Waals surface area contributed by atoms with Gasteiger partial charge in [0.25, 0.3) is 0 Å². The molecule has 0 bridgehead atoms. The van der Waals surface area contributed by atoms with E-state index in [1.165, 1.54) is 12.8 Å². The van der Waals surface area contributed by atoms with Crippen molar-refractivity contribution >= 4 is 36.0 Å². The number of rotatable bonds is 3. The van der Waals surface area contributed by atoms with E-state index in [-0.39, 0.29) is 15.6 Å². The van der Waals surface area contributed by atoms with Gasteiger partial charge in [0.05, 0.1) is 0 Å². The first-order valence-corrected chi connectivity index (χ1v) is 11.7. The number of hydrogen-bond acceptors (Lipinski definition) is 1. The zero-order chi connectivity index (χ0) is 13.4. The Balaban J connectivity index is 0.000000357. The molecular formula is C14H22Al2OTi. The van der Waals surface area contributed by atoms with Crippen LogP contribution in [0.25, 0.3) is 0 Å². The van der Waals surface area contributed by atoms with E-state index in [1.807, 2.05) is 0 Å². The second kappa shape index (κ2) is 9.47. The fraction of sp³-hybridized carbons (Fsp3) is 0.357. The van der Waals surface area contributed by atoms with Gasteiger partial charge in [-0.25, -0.2) is 0 Å². The number of hydrogen-bond donors (Lipinski definition) is 0. The molecule has 2 rings (SSSR count). The molecule has 0 N–H and O–H groups in total. The van der Waals surface area contributed by atoms with Crippen LogP contribution in [0.1, 0.15) is 26.7 Å². The normalized spacial score (nSPS) is 15.7. The van der Waals surface area contributed by atoms with Crippen LogP contribution in [0.15, 0.2) is 44.2 Å². The molecule has 94 valence electrons. The molecule has 0 heterocycles. The molecule has 0 aromatic carbocycles. The van der Waals surface area contributed by atoms with Crippen molar-refractivity contribution in [1.82, 2.24) is 0 Å². The maximum absolute atomic E-state index is 4.82. The molecule has 0 aliphatic heterocycles. The van der Waals surface area contributed by atoms with Crippen molar-refractivity contribution in [2.75, 3.05) is 0 Å². The molecule has 2 aliphatic carbocycles. The Hall–Kier alpha value is 0.569. The zero-order valence-electron chi connectivity index (χ0n) is 12.0. The minimum Gasteiger partial charge on any atom is -0.645 e. The average Bonchev–Trinajstić information content (AvgIpc) is 3.02. The first-order chi connectivity index (χ1) is 8.70. The summed E-state index contributed by atoms with van der Waals surface area (Å²) in [5.41, 5.74) is 0. The average molecular weight is 308 g/mol. The van der Waals surface area contributed by atoms with E-state index in [0.717, 1.165) is 16.6 Å². The summed E-state index contributed by atoms with van der Waals surface area (Å²) in [5.74, 6) is 2.13. The summed E-state index contributed by atoms with van der Waals surface area (Å²) in [4.78, 5) is 0. The van der Waals surface area contributed by atoms with Crippen molar-refractivity contribution in [1.29, 1.82) is 0 Å². The summed E-state index contributed by atoms with van der Waals surface area (Å²) in [6.07, 6.45) is 16.1. The molecule has 0 aromatic heterocycles. The van der Waals surface area contributed by atoms with E-state index in [0.29, 0.717) is 0 Å². The molecule has 0 amide bonds. The van der Waals surface area contributed by atoms with Gasteiger partial charge in [-0.05, 0) is 0 Å². The van der Waals surface area contributed by atoms with Crippen molar-refractivity contribution in [2.45, 2.75) is 32.5 Å². The Kier molecular flexibility index (Phi) is 8.75. The quantitative estimate of drug-likeness (QED) is 0.728. The van der Waals surface area contributed by atoms with Crippen LogP contribution in [0, 0.1) is 0 Å². The topological polar surface area (TPSA) is 9.23 Å². The molecule has 1 nitrogen and oxygen atoms in total. The van der Waals surface area contributed by atoms with Gasteiger partial charge in [0, 0.05) is 0 Å². The van der Waals surface area contributed by atoms with Gasteiger partial charge < -0.3 is 2.84 Å². The summed E-state index contributed by atoms with van der Waals surface area (Å²) in [6, 6.07) is 0. The number of allylic oxidation sites excluding steroid dienone is 8. The van der Waals surface area contributed by atoms with Crippen LogP contribution >= 0.6 is 0 Å². The Bertz CT molecular complexity index is 393. The third-order valence-electron chi connectivity index (χ3n) is 2.97. The first kappa shape index (κ1) is 16.6. The summed E-state index contributed by atoms with van der Waals surface area (Å²) in [6.45, 7) is 4.63. The molecule has 4 heteroatoms. The minimum absolute atomic E-state index is 0.0139. The maximum atomic E-state index is 4.82. The van der Waals surface area contributed by atoms with Gasteiger partial charge in [-0.2, -0.15) is 0 Å². The fourth-order valence-electron chi connectivity index (χ4n) is 2.11. The SMILES string of the molecule is C[C](C)=[Ti]([C]1=CC=CC1)[C]1=CC=CC1.[CH3][AlH][O][AlH2]. The largest absolute Gasteiger partial charge is 0.645 e. The Morgan fingerprint density at radius 3 is 1.83 bits per heavy atom. The predicted octanol–water partition coefficient (Wildman–Crippen LogP) is 2.46. The minimum atomic E-state index is -1.19. The molecule has 2 aliphatic rings. The van der Waals surface area contributed by atoms with Crippen LogP contribution in [0.5, 0.6) is 0 Å². The first-order valence-electron chi connectivity index (χ1n) is 6.59. The Morgan fingerprint density at radius 1 is 1.17 bits per heavy atom. The Labute approximate surface area is 132 Å². The molecular weight excluding hydrogens is 286 g/mol. The molecule has 0 aromatic rings. The van der Waals surface area contributed by atoms with Gasteiger partial charge in [-0.15, -0.1) is 0 Å². The summed E-state index contributed by atoms with van der Waals surface area (Å²) in [5, 5.41) is 0. The van der Waals surface area contributed by atoms with Crippen molar-refractivity contribution in [3.05, 3.63) is 44.2 Å². The van der Waals surface area contributed by atoms with E-state index < -0.39 is 17.4 Å². The molecule has 18 heavy (non-hydrogen) atoms.